The molecule has 0 rings (SSSR count). The van der Waals surface area contributed by atoms with E-state index in [2.05, 4.69) is 13.8 Å². The largest absolute Gasteiger partial charge is 0.354 e. The van der Waals surface area contributed by atoms with Crippen molar-refractivity contribution in [1.29, 1.82) is 0 Å². The van der Waals surface area contributed by atoms with E-state index in [1.54, 1.807) is 5.82 Å². The molecule has 0 amide bonds. The van der Waals surface area contributed by atoms with E-state index in [0.29, 0.717) is 25.0 Å². The molecule has 0 saturated carbocycles. The Hall–Kier alpha value is 0.180. The number of allylic oxidation sites excluding steroid dienone is 1. The van der Waals surface area contributed by atoms with Gasteiger partial charge in [-0.2, -0.15) is 0 Å². The second-order valence-electron chi connectivity index (χ2n) is 4.03. The SMILES string of the molecule is CCOP(=O)(/C=C(\CCCCl)C(C)C)OCC. The van der Waals surface area contributed by atoms with Crippen LogP contribution in [-0.2, 0) is 13.6 Å². The highest BCUT2D eigenvalue weighted by atomic mass is 35.5. The Morgan fingerprint density at radius 1 is 1.29 bits per heavy atom. The van der Waals surface area contributed by atoms with E-state index in [-0.39, 0.29) is 0 Å². The lowest BCUT2D eigenvalue weighted by Gasteiger charge is -2.17. The van der Waals surface area contributed by atoms with Gasteiger partial charge in [0.15, 0.2) is 0 Å². The van der Waals surface area contributed by atoms with Gasteiger partial charge in [0.2, 0.25) is 0 Å². The van der Waals surface area contributed by atoms with Crippen molar-refractivity contribution in [3.63, 3.8) is 0 Å². The quantitative estimate of drug-likeness (QED) is 0.450. The summed E-state index contributed by atoms with van der Waals surface area (Å²) in [5.41, 5.74) is 1.09. The molecule has 0 aromatic heterocycles. The number of halogens is 1. The first-order chi connectivity index (χ1) is 7.99. The molecule has 0 bridgehead atoms. The first kappa shape index (κ1) is 17.2. The highest BCUT2D eigenvalue weighted by Gasteiger charge is 2.21. The molecule has 0 saturated heterocycles. The monoisotopic (exact) mass is 282 g/mol. The first-order valence-corrected chi connectivity index (χ1v) is 8.30. The molecule has 0 radical (unpaired) electrons. The third kappa shape index (κ3) is 7.25. The molecular formula is C12H24ClO3P. The van der Waals surface area contributed by atoms with Crippen LogP contribution in [-0.4, -0.2) is 19.1 Å². The molecule has 0 aromatic rings. The van der Waals surface area contributed by atoms with Crippen LogP contribution in [0, 0.1) is 5.92 Å². The summed E-state index contributed by atoms with van der Waals surface area (Å²) in [6.45, 7) is 8.54. The minimum absolute atomic E-state index is 0.326. The molecule has 0 aromatic carbocycles. The van der Waals surface area contributed by atoms with Gasteiger partial charge in [-0.15, -0.1) is 11.6 Å². The molecule has 17 heavy (non-hydrogen) atoms. The molecule has 0 fully saturated rings. The van der Waals surface area contributed by atoms with E-state index in [4.69, 9.17) is 20.6 Å². The van der Waals surface area contributed by atoms with Gasteiger partial charge in [-0.3, -0.25) is 4.57 Å². The zero-order valence-corrected chi connectivity index (χ0v) is 12.9. The molecule has 5 heteroatoms. The van der Waals surface area contributed by atoms with Crippen LogP contribution >= 0.6 is 19.2 Å². The maximum absolute atomic E-state index is 12.3. The number of rotatable bonds is 9. The van der Waals surface area contributed by atoms with Crippen molar-refractivity contribution >= 4 is 19.2 Å². The summed E-state index contributed by atoms with van der Waals surface area (Å²) in [5.74, 6) is 2.61. The first-order valence-electron chi connectivity index (χ1n) is 6.15. The molecule has 0 aliphatic rings. The van der Waals surface area contributed by atoms with Gasteiger partial charge >= 0.3 is 7.60 Å². The Kier molecular flexibility index (Phi) is 9.25. The predicted octanol–water partition coefficient (Wildman–Crippen LogP) is 4.81. The standard InChI is InChI=1S/C12H24ClO3P/c1-5-15-17(14,16-6-2)10-12(11(3)4)8-7-9-13/h10-11H,5-9H2,1-4H3/b12-10+. The second-order valence-corrected chi connectivity index (χ2v) is 6.26. The summed E-state index contributed by atoms with van der Waals surface area (Å²) in [5, 5.41) is 0. The van der Waals surface area contributed by atoms with Gasteiger partial charge in [-0.1, -0.05) is 19.4 Å². The van der Waals surface area contributed by atoms with Crippen LogP contribution in [0.15, 0.2) is 11.4 Å². The highest BCUT2D eigenvalue weighted by molar-refractivity contribution is 7.57. The van der Waals surface area contributed by atoms with Gasteiger partial charge in [0.25, 0.3) is 0 Å². The average molecular weight is 283 g/mol. The van der Waals surface area contributed by atoms with Crippen molar-refractivity contribution in [3.8, 4) is 0 Å². The van der Waals surface area contributed by atoms with Gasteiger partial charge in [0.05, 0.1) is 13.2 Å². The lowest BCUT2D eigenvalue weighted by atomic mass is 10.0. The fourth-order valence-corrected chi connectivity index (χ4v) is 3.36. The molecule has 3 nitrogen and oxygen atoms in total. The Morgan fingerprint density at radius 3 is 2.18 bits per heavy atom. The molecular weight excluding hydrogens is 259 g/mol. The van der Waals surface area contributed by atoms with E-state index in [1.165, 1.54) is 0 Å². The van der Waals surface area contributed by atoms with Crippen molar-refractivity contribution in [1.82, 2.24) is 0 Å². The Balaban J connectivity index is 4.87. The van der Waals surface area contributed by atoms with Crippen molar-refractivity contribution in [2.24, 2.45) is 5.92 Å². The topological polar surface area (TPSA) is 35.5 Å². The van der Waals surface area contributed by atoms with E-state index in [9.17, 15) is 4.57 Å². The van der Waals surface area contributed by atoms with E-state index < -0.39 is 7.60 Å². The predicted molar refractivity (Wildman–Crippen MR) is 73.7 cm³/mol. The molecule has 0 spiro atoms. The molecule has 0 aliphatic carbocycles. The van der Waals surface area contributed by atoms with E-state index in [0.717, 1.165) is 18.4 Å². The van der Waals surface area contributed by atoms with Gasteiger partial charge in [-0.05, 0) is 32.6 Å². The maximum Gasteiger partial charge on any atom is 0.354 e. The zero-order valence-electron chi connectivity index (χ0n) is 11.2. The number of hydrogen-bond donors (Lipinski definition) is 0. The van der Waals surface area contributed by atoms with Crippen LogP contribution in [0.5, 0.6) is 0 Å². The summed E-state index contributed by atoms with van der Waals surface area (Å²) < 4.78 is 22.8. The van der Waals surface area contributed by atoms with Gasteiger partial charge in [-0.25, -0.2) is 0 Å². The lowest BCUT2D eigenvalue weighted by molar-refractivity contribution is 0.228. The zero-order chi connectivity index (χ0) is 13.3. The molecule has 102 valence electrons. The average Bonchev–Trinajstić information content (AvgIpc) is 2.24. The highest BCUT2D eigenvalue weighted by Crippen LogP contribution is 2.51. The van der Waals surface area contributed by atoms with Crippen LogP contribution < -0.4 is 0 Å². The molecule has 0 aliphatic heterocycles. The van der Waals surface area contributed by atoms with Crippen LogP contribution in [0.1, 0.15) is 40.5 Å². The molecule has 0 heterocycles. The fourth-order valence-electron chi connectivity index (χ4n) is 1.45. The summed E-state index contributed by atoms with van der Waals surface area (Å²) in [4.78, 5) is 0. The van der Waals surface area contributed by atoms with Crippen LogP contribution in [0.3, 0.4) is 0 Å². The van der Waals surface area contributed by atoms with Gasteiger partial charge in [0, 0.05) is 11.7 Å². The smallest absolute Gasteiger partial charge is 0.306 e. The Labute approximate surface area is 110 Å². The van der Waals surface area contributed by atoms with Crippen molar-refractivity contribution in [3.05, 3.63) is 11.4 Å². The van der Waals surface area contributed by atoms with Crippen LogP contribution in [0.2, 0.25) is 0 Å². The van der Waals surface area contributed by atoms with Crippen molar-refractivity contribution in [2.45, 2.75) is 40.5 Å². The van der Waals surface area contributed by atoms with Gasteiger partial charge in [0.1, 0.15) is 0 Å². The van der Waals surface area contributed by atoms with Crippen molar-refractivity contribution in [2.75, 3.05) is 19.1 Å². The summed E-state index contributed by atoms with van der Waals surface area (Å²) in [7, 11) is -3.07. The Bertz CT molecular complexity index is 267. The van der Waals surface area contributed by atoms with Crippen LogP contribution in [0.4, 0.5) is 0 Å². The van der Waals surface area contributed by atoms with Crippen molar-refractivity contribution < 1.29 is 13.6 Å². The normalized spacial score (nSPS) is 13.4. The number of hydrogen-bond acceptors (Lipinski definition) is 3. The summed E-state index contributed by atoms with van der Waals surface area (Å²) in [6.07, 6.45) is 1.72. The minimum atomic E-state index is -3.07. The molecule has 0 N–H and O–H groups in total. The summed E-state index contributed by atoms with van der Waals surface area (Å²) in [6, 6.07) is 0. The number of alkyl halides is 1. The van der Waals surface area contributed by atoms with E-state index in [1.807, 2.05) is 13.8 Å². The summed E-state index contributed by atoms with van der Waals surface area (Å²) >= 11 is 5.69. The van der Waals surface area contributed by atoms with Crippen LogP contribution in [0.25, 0.3) is 0 Å². The van der Waals surface area contributed by atoms with Gasteiger partial charge < -0.3 is 9.05 Å². The third-order valence-corrected chi connectivity index (χ3v) is 4.43. The Morgan fingerprint density at radius 2 is 1.82 bits per heavy atom. The van der Waals surface area contributed by atoms with E-state index >= 15 is 0 Å². The minimum Gasteiger partial charge on any atom is -0.306 e. The molecule has 0 atom stereocenters. The third-order valence-electron chi connectivity index (χ3n) is 2.28. The maximum atomic E-state index is 12.3. The molecule has 0 unspecified atom stereocenters. The second kappa shape index (κ2) is 9.16. The fraction of sp³-hybridized carbons (Fsp3) is 0.833. The lowest BCUT2D eigenvalue weighted by Crippen LogP contribution is -1.99.